The normalized spacial score (nSPS) is 11.3. The number of alkyl halides is 3. The number of rotatable bonds is 4. The van der Waals surface area contributed by atoms with Gasteiger partial charge in [0, 0.05) is 12.2 Å². The van der Waals surface area contributed by atoms with Crippen molar-refractivity contribution in [3.05, 3.63) is 48.0 Å². The number of nitrogens with two attached hydrogens (primary N) is 1. The zero-order chi connectivity index (χ0) is 15.5. The van der Waals surface area contributed by atoms with Crippen molar-refractivity contribution in [2.45, 2.75) is 13.1 Å². The summed E-state index contributed by atoms with van der Waals surface area (Å²) in [6.07, 6.45) is -4.46. The van der Waals surface area contributed by atoms with E-state index in [0.717, 1.165) is 17.8 Å². The summed E-state index contributed by atoms with van der Waals surface area (Å²) in [5.74, 6) is 5.37. The SMILES string of the molecule is CCN(c1ccccc1)c1cc(C(F)(F)F)cc(NN)n1. The Morgan fingerprint density at radius 3 is 2.38 bits per heavy atom. The predicted molar refractivity (Wildman–Crippen MR) is 76.2 cm³/mol. The van der Waals surface area contributed by atoms with Crippen molar-refractivity contribution >= 4 is 17.3 Å². The highest BCUT2D eigenvalue weighted by atomic mass is 19.4. The summed E-state index contributed by atoms with van der Waals surface area (Å²) in [6.45, 7) is 2.31. The lowest BCUT2D eigenvalue weighted by Gasteiger charge is -2.23. The number of pyridine rings is 1. The second-order valence-electron chi connectivity index (χ2n) is 4.32. The number of nitrogens with one attached hydrogen (secondary N) is 1. The Morgan fingerprint density at radius 1 is 1.19 bits per heavy atom. The smallest absolute Gasteiger partial charge is 0.327 e. The van der Waals surface area contributed by atoms with E-state index >= 15 is 0 Å². The molecule has 0 atom stereocenters. The molecule has 2 aromatic rings. The van der Waals surface area contributed by atoms with Gasteiger partial charge >= 0.3 is 6.18 Å². The third kappa shape index (κ3) is 3.43. The Labute approximate surface area is 120 Å². The van der Waals surface area contributed by atoms with Crippen LogP contribution in [0.4, 0.5) is 30.5 Å². The first kappa shape index (κ1) is 15.1. The molecule has 0 fully saturated rings. The average Bonchev–Trinajstić information content (AvgIpc) is 2.48. The molecule has 0 aliphatic rings. The molecule has 21 heavy (non-hydrogen) atoms. The second kappa shape index (κ2) is 6.01. The number of hydrogen-bond acceptors (Lipinski definition) is 4. The molecular formula is C14H15F3N4. The van der Waals surface area contributed by atoms with Gasteiger partial charge in [0.2, 0.25) is 0 Å². The third-order valence-electron chi connectivity index (χ3n) is 2.95. The molecule has 0 unspecified atom stereocenters. The van der Waals surface area contributed by atoms with Crippen LogP contribution in [0.25, 0.3) is 0 Å². The van der Waals surface area contributed by atoms with E-state index in [-0.39, 0.29) is 11.6 Å². The van der Waals surface area contributed by atoms with Crippen molar-refractivity contribution in [2.24, 2.45) is 5.84 Å². The van der Waals surface area contributed by atoms with E-state index in [2.05, 4.69) is 10.4 Å². The highest BCUT2D eigenvalue weighted by Crippen LogP contribution is 2.34. The number of anilines is 3. The van der Waals surface area contributed by atoms with E-state index in [1.165, 1.54) is 0 Å². The van der Waals surface area contributed by atoms with Gasteiger partial charge in [-0.2, -0.15) is 13.2 Å². The first-order chi connectivity index (χ1) is 9.95. The quantitative estimate of drug-likeness (QED) is 0.669. The van der Waals surface area contributed by atoms with Gasteiger partial charge in [-0.15, -0.1) is 0 Å². The van der Waals surface area contributed by atoms with Crippen molar-refractivity contribution in [3.63, 3.8) is 0 Å². The van der Waals surface area contributed by atoms with Gasteiger partial charge in [0.25, 0.3) is 0 Å². The molecule has 0 spiro atoms. The summed E-state index contributed by atoms with van der Waals surface area (Å²) in [6, 6.07) is 11.0. The first-order valence-electron chi connectivity index (χ1n) is 6.34. The average molecular weight is 296 g/mol. The number of para-hydroxylation sites is 1. The van der Waals surface area contributed by atoms with E-state index in [1.54, 1.807) is 17.0 Å². The number of nitrogens with zero attached hydrogens (tertiary/aromatic N) is 2. The van der Waals surface area contributed by atoms with Gasteiger partial charge in [0.05, 0.1) is 5.56 Å². The molecule has 4 nitrogen and oxygen atoms in total. The maximum absolute atomic E-state index is 12.9. The van der Waals surface area contributed by atoms with Crippen molar-refractivity contribution in [1.29, 1.82) is 0 Å². The van der Waals surface area contributed by atoms with Crippen LogP contribution in [0.3, 0.4) is 0 Å². The minimum absolute atomic E-state index is 0.0331. The summed E-state index contributed by atoms with van der Waals surface area (Å²) in [5, 5.41) is 0. The molecule has 0 radical (unpaired) electrons. The van der Waals surface area contributed by atoms with Crippen LogP contribution < -0.4 is 16.2 Å². The van der Waals surface area contributed by atoms with Crippen LogP contribution in [0.1, 0.15) is 12.5 Å². The molecule has 0 saturated heterocycles. The number of halogens is 3. The number of nitrogen functional groups attached to an aromatic ring is 1. The van der Waals surface area contributed by atoms with E-state index in [4.69, 9.17) is 5.84 Å². The Balaban J connectivity index is 2.51. The van der Waals surface area contributed by atoms with Crippen LogP contribution >= 0.6 is 0 Å². The molecule has 0 aliphatic heterocycles. The standard InChI is InChI=1S/C14H15F3N4/c1-2-21(11-6-4-3-5-7-11)13-9-10(14(15,16)17)8-12(19-13)20-18/h3-9H,2,18H2,1H3,(H,19,20). The Hall–Kier alpha value is -2.28. The maximum Gasteiger partial charge on any atom is 0.416 e. The highest BCUT2D eigenvalue weighted by Gasteiger charge is 2.32. The van der Waals surface area contributed by atoms with E-state index in [1.807, 2.05) is 25.1 Å². The number of hydrazine groups is 1. The van der Waals surface area contributed by atoms with Gasteiger partial charge in [-0.25, -0.2) is 10.8 Å². The fourth-order valence-electron chi connectivity index (χ4n) is 1.98. The summed E-state index contributed by atoms with van der Waals surface area (Å²) < 4.78 is 38.8. The maximum atomic E-state index is 12.9. The van der Waals surface area contributed by atoms with Crippen LogP contribution in [0, 0.1) is 0 Å². The van der Waals surface area contributed by atoms with Crippen molar-refractivity contribution < 1.29 is 13.2 Å². The fraction of sp³-hybridized carbons (Fsp3) is 0.214. The van der Waals surface area contributed by atoms with Gasteiger partial charge in [0.15, 0.2) is 0 Å². The lowest BCUT2D eigenvalue weighted by Crippen LogP contribution is -2.20. The third-order valence-corrected chi connectivity index (χ3v) is 2.95. The zero-order valence-electron chi connectivity index (χ0n) is 11.4. The minimum atomic E-state index is -4.46. The Morgan fingerprint density at radius 2 is 1.86 bits per heavy atom. The van der Waals surface area contributed by atoms with Gasteiger partial charge in [0.1, 0.15) is 11.6 Å². The van der Waals surface area contributed by atoms with Gasteiger partial charge < -0.3 is 10.3 Å². The minimum Gasteiger partial charge on any atom is -0.327 e. The largest absolute Gasteiger partial charge is 0.416 e. The molecule has 2 rings (SSSR count). The summed E-state index contributed by atoms with van der Waals surface area (Å²) in [7, 11) is 0. The molecule has 1 aromatic carbocycles. The predicted octanol–water partition coefficient (Wildman–Crippen LogP) is 3.54. The Kier molecular flexibility index (Phi) is 4.32. The second-order valence-corrected chi connectivity index (χ2v) is 4.32. The van der Waals surface area contributed by atoms with Crippen LogP contribution in [0.5, 0.6) is 0 Å². The van der Waals surface area contributed by atoms with Gasteiger partial charge in [-0.05, 0) is 31.2 Å². The van der Waals surface area contributed by atoms with Crippen molar-refractivity contribution in [2.75, 3.05) is 16.9 Å². The van der Waals surface area contributed by atoms with E-state index in [0.29, 0.717) is 6.54 Å². The van der Waals surface area contributed by atoms with Crippen LogP contribution in [0.2, 0.25) is 0 Å². The molecule has 112 valence electrons. The lowest BCUT2D eigenvalue weighted by atomic mass is 10.2. The molecule has 0 aliphatic carbocycles. The molecule has 3 N–H and O–H groups in total. The molecule has 1 heterocycles. The first-order valence-corrected chi connectivity index (χ1v) is 6.34. The topological polar surface area (TPSA) is 54.2 Å². The van der Waals surface area contributed by atoms with Crippen molar-refractivity contribution in [1.82, 2.24) is 4.98 Å². The van der Waals surface area contributed by atoms with Crippen LogP contribution in [0.15, 0.2) is 42.5 Å². The van der Waals surface area contributed by atoms with Gasteiger partial charge in [-0.1, -0.05) is 18.2 Å². The van der Waals surface area contributed by atoms with Crippen LogP contribution in [-0.4, -0.2) is 11.5 Å². The molecule has 0 amide bonds. The monoisotopic (exact) mass is 296 g/mol. The van der Waals surface area contributed by atoms with E-state index in [9.17, 15) is 13.2 Å². The van der Waals surface area contributed by atoms with E-state index < -0.39 is 11.7 Å². The van der Waals surface area contributed by atoms with Gasteiger partial charge in [-0.3, -0.25) is 0 Å². The summed E-state index contributed by atoms with van der Waals surface area (Å²) in [5.41, 5.74) is 2.14. The number of aromatic nitrogens is 1. The molecule has 0 saturated carbocycles. The number of hydrogen-bond donors (Lipinski definition) is 2. The molecule has 1 aromatic heterocycles. The lowest BCUT2D eigenvalue weighted by molar-refractivity contribution is -0.137. The molecular weight excluding hydrogens is 281 g/mol. The van der Waals surface area contributed by atoms with Crippen molar-refractivity contribution in [3.8, 4) is 0 Å². The van der Waals surface area contributed by atoms with Crippen LogP contribution in [-0.2, 0) is 6.18 Å². The highest BCUT2D eigenvalue weighted by molar-refractivity contribution is 5.62. The summed E-state index contributed by atoms with van der Waals surface area (Å²) >= 11 is 0. The zero-order valence-corrected chi connectivity index (χ0v) is 11.4. The summed E-state index contributed by atoms with van der Waals surface area (Å²) in [4.78, 5) is 5.78. The Bertz CT molecular complexity index is 599. The molecule has 0 bridgehead atoms. The number of benzene rings is 1. The molecule has 7 heteroatoms. The fourth-order valence-corrected chi connectivity index (χ4v) is 1.98.